The molecule has 2 N–H and O–H groups in total. The minimum atomic E-state index is 0.648. The number of rotatable bonds is 3. The van der Waals surface area contributed by atoms with Crippen LogP contribution in [0, 0.1) is 6.92 Å². The summed E-state index contributed by atoms with van der Waals surface area (Å²) >= 11 is 1.57. The van der Waals surface area contributed by atoms with Gasteiger partial charge in [-0.3, -0.25) is 4.90 Å². The minimum absolute atomic E-state index is 0.648. The second kappa shape index (κ2) is 5.72. The average Bonchev–Trinajstić information content (AvgIpc) is 2.85. The molecule has 0 unspecified atom stereocenters. The topological polar surface area (TPSA) is 71.2 Å². The molecular weight excluding hydrogens is 272 g/mol. The van der Waals surface area contributed by atoms with Crippen LogP contribution in [0.1, 0.15) is 10.7 Å². The number of thiazole rings is 1. The normalized spacial score (nSPS) is 16.6. The van der Waals surface area contributed by atoms with Crippen molar-refractivity contribution in [1.82, 2.24) is 19.9 Å². The molecule has 0 spiro atoms. The van der Waals surface area contributed by atoms with E-state index in [1.807, 2.05) is 25.4 Å². The van der Waals surface area contributed by atoms with Gasteiger partial charge < -0.3 is 10.6 Å². The highest BCUT2D eigenvalue weighted by Crippen LogP contribution is 2.19. The van der Waals surface area contributed by atoms with E-state index in [2.05, 4.69) is 24.8 Å². The number of aromatic nitrogens is 3. The van der Waals surface area contributed by atoms with Crippen molar-refractivity contribution in [3.8, 4) is 0 Å². The largest absolute Gasteiger partial charge is 0.375 e. The Bertz CT molecular complexity index is 576. The summed E-state index contributed by atoms with van der Waals surface area (Å²) in [6.45, 7) is 6.90. The van der Waals surface area contributed by atoms with E-state index in [0.717, 1.165) is 44.4 Å². The summed E-state index contributed by atoms with van der Waals surface area (Å²) in [5, 5.41) is 0.648. The standard InChI is InChI=1S/C13H18N6S/c1-10-15-3-2-12(17-10)19-6-4-18(5-7-19)9-11-8-16-13(14)20-11/h2-3,8H,4-7,9H2,1H3,(H2,14,16). The molecule has 1 fully saturated rings. The van der Waals surface area contributed by atoms with Crippen molar-refractivity contribution < 1.29 is 0 Å². The molecule has 1 aliphatic rings. The summed E-state index contributed by atoms with van der Waals surface area (Å²) in [6.07, 6.45) is 3.70. The molecule has 7 heteroatoms. The van der Waals surface area contributed by atoms with Crippen LogP contribution in [0.15, 0.2) is 18.5 Å². The second-order valence-corrected chi connectivity index (χ2v) is 6.04. The van der Waals surface area contributed by atoms with Crippen molar-refractivity contribution in [3.05, 3.63) is 29.2 Å². The number of nitrogens with two attached hydrogens (primary N) is 1. The molecular formula is C13H18N6S. The van der Waals surface area contributed by atoms with Crippen LogP contribution in [0.5, 0.6) is 0 Å². The molecule has 106 valence electrons. The van der Waals surface area contributed by atoms with Gasteiger partial charge in [-0.05, 0) is 13.0 Å². The lowest BCUT2D eigenvalue weighted by Gasteiger charge is -2.35. The first kappa shape index (κ1) is 13.3. The molecule has 2 aromatic heterocycles. The Balaban J connectivity index is 1.57. The molecule has 20 heavy (non-hydrogen) atoms. The van der Waals surface area contributed by atoms with Crippen LogP contribution in [0.25, 0.3) is 0 Å². The number of anilines is 2. The van der Waals surface area contributed by atoms with E-state index in [-0.39, 0.29) is 0 Å². The lowest BCUT2D eigenvalue weighted by molar-refractivity contribution is 0.251. The highest BCUT2D eigenvalue weighted by Gasteiger charge is 2.18. The van der Waals surface area contributed by atoms with Gasteiger partial charge in [0.15, 0.2) is 5.13 Å². The van der Waals surface area contributed by atoms with Crippen LogP contribution in [-0.4, -0.2) is 46.0 Å². The third kappa shape index (κ3) is 3.05. The molecule has 2 aromatic rings. The molecule has 3 heterocycles. The summed E-state index contributed by atoms with van der Waals surface area (Å²) in [4.78, 5) is 18.7. The van der Waals surface area contributed by atoms with Crippen LogP contribution < -0.4 is 10.6 Å². The molecule has 1 aliphatic heterocycles. The van der Waals surface area contributed by atoms with Gasteiger partial charge >= 0.3 is 0 Å². The molecule has 0 amide bonds. The van der Waals surface area contributed by atoms with Crippen molar-refractivity contribution in [2.45, 2.75) is 13.5 Å². The Labute approximate surface area is 122 Å². The lowest BCUT2D eigenvalue weighted by Crippen LogP contribution is -2.46. The Morgan fingerprint density at radius 1 is 1.25 bits per heavy atom. The highest BCUT2D eigenvalue weighted by molar-refractivity contribution is 7.15. The molecule has 0 bridgehead atoms. The fourth-order valence-electron chi connectivity index (χ4n) is 2.37. The van der Waals surface area contributed by atoms with Crippen molar-refractivity contribution in [2.75, 3.05) is 36.8 Å². The molecule has 0 aliphatic carbocycles. The Kier molecular flexibility index (Phi) is 3.79. The maximum absolute atomic E-state index is 5.66. The maximum Gasteiger partial charge on any atom is 0.180 e. The number of aryl methyl sites for hydroxylation is 1. The molecule has 0 radical (unpaired) electrons. The third-order valence-electron chi connectivity index (χ3n) is 3.41. The number of hydrogen-bond donors (Lipinski definition) is 1. The first-order valence-corrected chi connectivity index (χ1v) is 7.49. The zero-order valence-corrected chi connectivity index (χ0v) is 12.3. The molecule has 0 saturated carbocycles. The molecule has 3 rings (SSSR count). The van der Waals surface area contributed by atoms with E-state index < -0.39 is 0 Å². The summed E-state index contributed by atoms with van der Waals surface area (Å²) in [6, 6.07) is 1.98. The summed E-state index contributed by atoms with van der Waals surface area (Å²) in [7, 11) is 0. The first-order valence-electron chi connectivity index (χ1n) is 6.68. The number of nitrogens with zero attached hydrogens (tertiary/aromatic N) is 5. The van der Waals surface area contributed by atoms with Crippen LogP contribution in [0.2, 0.25) is 0 Å². The fourth-order valence-corrected chi connectivity index (χ4v) is 3.10. The summed E-state index contributed by atoms with van der Waals surface area (Å²) < 4.78 is 0. The van der Waals surface area contributed by atoms with Crippen molar-refractivity contribution in [2.24, 2.45) is 0 Å². The molecule has 0 atom stereocenters. The quantitative estimate of drug-likeness (QED) is 0.914. The second-order valence-electron chi connectivity index (χ2n) is 4.89. The van der Waals surface area contributed by atoms with E-state index in [9.17, 15) is 0 Å². The van der Waals surface area contributed by atoms with E-state index in [1.54, 1.807) is 11.3 Å². The van der Waals surface area contributed by atoms with E-state index in [1.165, 1.54) is 4.88 Å². The van der Waals surface area contributed by atoms with Gasteiger partial charge in [0.1, 0.15) is 11.6 Å². The molecule has 6 nitrogen and oxygen atoms in total. The zero-order chi connectivity index (χ0) is 13.9. The van der Waals surface area contributed by atoms with Crippen LogP contribution >= 0.6 is 11.3 Å². The summed E-state index contributed by atoms with van der Waals surface area (Å²) in [5.41, 5.74) is 5.66. The van der Waals surface area contributed by atoms with Gasteiger partial charge in [-0.2, -0.15) is 0 Å². The van der Waals surface area contributed by atoms with Gasteiger partial charge in [-0.25, -0.2) is 15.0 Å². The van der Waals surface area contributed by atoms with Gasteiger partial charge in [-0.15, -0.1) is 11.3 Å². The predicted octanol–water partition coefficient (Wildman–Crippen LogP) is 1.15. The zero-order valence-electron chi connectivity index (χ0n) is 11.5. The smallest absolute Gasteiger partial charge is 0.180 e. The highest BCUT2D eigenvalue weighted by atomic mass is 32.1. The number of hydrogen-bond acceptors (Lipinski definition) is 7. The monoisotopic (exact) mass is 290 g/mol. The molecule has 0 aromatic carbocycles. The van der Waals surface area contributed by atoms with Gasteiger partial charge in [0.25, 0.3) is 0 Å². The summed E-state index contributed by atoms with van der Waals surface area (Å²) in [5.74, 6) is 1.85. The third-order valence-corrected chi connectivity index (χ3v) is 4.22. The minimum Gasteiger partial charge on any atom is -0.375 e. The van der Waals surface area contributed by atoms with Gasteiger partial charge in [0, 0.05) is 50.0 Å². The van der Waals surface area contributed by atoms with E-state index in [0.29, 0.717) is 5.13 Å². The first-order chi connectivity index (χ1) is 9.70. The maximum atomic E-state index is 5.66. The van der Waals surface area contributed by atoms with Crippen molar-refractivity contribution in [1.29, 1.82) is 0 Å². The van der Waals surface area contributed by atoms with E-state index in [4.69, 9.17) is 5.73 Å². The Hall–Kier alpha value is -1.73. The SMILES string of the molecule is Cc1nccc(N2CCN(Cc3cnc(N)s3)CC2)n1. The lowest BCUT2D eigenvalue weighted by atomic mass is 10.3. The molecule has 1 saturated heterocycles. The van der Waals surface area contributed by atoms with Gasteiger partial charge in [-0.1, -0.05) is 0 Å². The fraction of sp³-hybridized carbons (Fsp3) is 0.462. The number of piperazine rings is 1. The Morgan fingerprint density at radius 3 is 2.70 bits per heavy atom. The van der Waals surface area contributed by atoms with Gasteiger partial charge in [0.05, 0.1) is 0 Å². The van der Waals surface area contributed by atoms with Gasteiger partial charge in [0.2, 0.25) is 0 Å². The van der Waals surface area contributed by atoms with Crippen molar-refractivity contribution >= 4 is 22.3 Å². The van der Waals surface area contributed by atoms with Crippen LogP contribution in [0.3, 0.4) is 0 Å². The van der Waals surface area contributed by atoms with Crippen LogP contribution in [-0.2, 0) is 6.54 Å². The van der Waals surface area contributed by atoms with E-state index >= 15 is 0 Å². The van der Waals surface area contributed by atoms with Crippen LogP contribution in [0.4, 0.5) is 10.9 Å². The average molecular weight is 290 g/mol. The Morgan fingerprint density at radius 2 is 2.05 bits per heavy atom. The number of nitrogen functional groups attached to an aromatic ring is 1. The van der Waals surface area contributed by atoms with Crippen molar-refractivity contribution in [3.63, 3.8) is 0 Å². The predicted molar refractivity (Wildman–Crippen MR) is 80.8 cm³/mol.